The van der Waals surface area contributed by atoms with Crippen LogP contribution in [0.15, 0.2) is 72.3 Å². The average molecular weight is 498 g/mol. The lowest BCUT2D eigenvalue weighted by atomic mass is 9.74. The smallest absolute Gasteiger partial charge is 0.311 e. The van der Waals surface area contributed by atoms with E-state index in [9.17, 15) is 14.2 Å². The molecule has 1 N–H and O–H groups in total. The van der Waals surface area contributed by atoms with Crippen LogP contribution in [-0.2, 0) is 23.6 Å². The summed E-state index contributed by atoms with van der Waals surface area (Å²) in [5, 5.41) is 4.74. The number of esters is 2. The van der Waals surface area contributed by atoms with E-state index in [0.29, 0.717) is 10.6 Å². The molecule has 35 heavy (non-hydrogen) atoms. The second-order valence-electron chi connectivity index (χ2n) is 8.88. The van der Waals surface area contributed by atoms with Crippen LogP contribution in [0.4, 0.5) is 0 Å². The van der Waals surface area contributed by atoms with Gasteiger partial charge in [-0.1, -0.05) is 48.0 Å². The van der Waals surface area contributed by atoms with Crippen LogP contribution in [0.25, 0.3) is 0 Å². The maximum absolute atomic E-state index is 15.0. The van der Waals surface area contributed by atoms with Gasteiger partial charge in [-0.15, -0.1) is 0 Å². The lowest BCUT2D eigenvalue weighted by Gasteiger charge is -2.43. The Morgan fingerprint density at radius 2 is 1.51 bits per heavy atom. The molecule has 3 rings (SSSR count). The fourth-order valence-corrected chi connectivity index (χ4v) is 7.41. The van der Waals surface area contributed by atoms with Crippen LogP contribution in [0, 0.1) is 5.92 Å². The van der Waals surface area contributed by atoms with Crippen molar-refractivity contribution in [3.05, 3.63) is 72.3 Å². The molecule has 0 bridgehead atoms. The first-order valence-corrected chi connectivity index (χ1v) is 14.1. The number of ether oxygens (including phenoxy) is 2. The first-order chi connectivity index (χ1) is 16.8. The molecule has 7 heteroatoms. The van der Waals surface area contributed by atoms with E-state index >= 15 is 0 Å². The van der Waals surface area contributed by atoms with Gasteiger partial charge < -0.3 is 9.47 Å². The number of hydrogen-bond acceptors (Lipinski definition) is 5. The van der Waals surface area contributed by atoms with Gasteiger partial charge >= 0.3 is 11.9 Å². The Hall–Kier alpha value is -2.69. The summed E-state index contributed by atoms with van der Waals surface area (Å²) in [5.74, 6) is -1.90. The monoisotopic (exact) mass is 497 g/mol. The van der Waals surface area contributed by atoms with Crippen molar-refractivity contribution >= 4 is 29.8 Å². The summed E-state index contributed by atoms with van der Waals surface area (Å²) in [6.07, 6.45) is 5.56. The third-order valence-corrected chi connectivity index (χ3v) is 9.36. The van der Waals surface area contributed by atoms with Crippen molar-refractivity contribution in [1.82, 2.24) is 5.09 Å². The molecule has 0 aliphatic heterocycles. The molecule has 0 amide bonds. The third kappa shape index (κ3) is 6.31. The van der Waals surface area contributed by atoms with Crippen LogP contribution >= 0.6 is 7.29 Å². The summed E-state index contributed by atoms with van der Waals surface area (Å²) in [7, 11) is -3.43. The first-order valence-electron chi connectivity index (χ1n) is 12.4. The Morgan fingerprint density at radius 3 is 2.00 bits per heavy atom. The van der Waals surface area contributed by atoms with E-state index in [0.717, 1.165) is 31.3 Å². The predicted octanol–water partition coefficient (Wildman–Crippen LogP) is 4.90. The Morgan fingerprint density at radius 1 is 0.943 bits per heavy atom. The summed E-state index contributed by atoms with van der Waals surface area (Å²) in [6.45, 7) is 5.75. The Balaban J connectivity index is 2.18. The lowest BCUT2D eigenvalue weighted by Crippen LogP contribution is -2.55. The molecule has 188 valence electrons. The van der Waals surface area contributed by atoms with Crippen molar-refractivity contribution in [2.75, 3.05) is 13.2 Å². The van der Waals surface area contributed by atoms with Gasteiger partial charge in [-0.05, 0) is 70.7 Å². The molecule has 0 spiro atoms. The van der Waals surface area contributed by atoms with E-state index in [1.165, 1.54) is 0 Å². The summed E-state index contributed by atoms with van der Waals surface area (Å²) >= 11 is 0. The highest BCUT2D eigenvalue weighted by Crippen LogP contribution is 2.47. The molecule has 2 aromatic carbocycles. The van der Waals surface area contributed by atoms with Crippen molar-refractivity contribution in [1.29, 1.82) is 0 Å². The second kappa shape index (κ2) is 12.3. The zero-order valence-corrected chi connectivity index (χ0v) is 21.8. The summed E-state index contributed by atoms with van der Waals surface area (Å²) in [5.41, 5.74) is -0.126. The van der Waals surface area contributed by atoms with E-state index in [1.54, 1.807) is 13.8 Å². The van der Waals surface area contributed by atoms with Crippen LogP contribution in [0.1, 0.15) is 52.9 Å². The molecule has 0 saturated carbocycles. The normalized spacial score (nSPS) is 16.5. The number of nitrogens with one attached hydrogen (secondary N) is 1. The Bertz CT molecular complexity index is 1030. The van der Waals surface area contributed by atoms with Gasteiger partial charge in [0.15, 0.2) is 0 Å². The molecule has 1 aliphatic rings. The van der Waals surface area contributed by atoms with Gasteiger partial charge in [-0.25, -0.2) is 5.09 Å². The van der Waals surface area contributed by atoms with Crippen molar-refractivity contribution in [2.45, 2.75) is 58.4 Å². The average Bonchev–Trinajstić information content (AvgIpc) is 2.89. The van der Waals surface area contributed by atoms with E-state index in [1.807, 2.05) is 67.6 Å². The maximum atomic E-state index is 15.0. The van der Waals surface area contributed by atoms with Gasteiger partial charge in [0.1, 0.15) is 0 Å². The van der Waals surface area contributed by atoms with Crippen LogP contribution in [0.2, 0.25) is 0 Å². The van der Waals surface area contributed by atoms with E-state index in [4.69, 9.17) is 9.47 Å². The second-order valence-corrected chi connectivity index (χ2v) is 11.4. The lowest BCUT2D eigenvalue weighted by molar-refractivity contribution is -0.156. The quantitative estimate of drug-likeness (QED) is 0.270. The Labute approximate surface area is 208 Å². The number of carbonyl (C=O) groups is 2. The zero-order chi connectivity index (χ0) is 25.3. The molecule has 0 radical (unpaired) electrons. The molecule has 0 aromatic heterocycles. The molecular weight excluding hydrogens is 461 g/mol. The van der Waals surface area contributed by atoms with Crippen molar-refractivity contribution in [3.8, 4) is 0 Å². The molecule has 1 aliphatic carbocycles. The minimum absolute atomic E-state index is 0.170. The van der Waals surface area contributed by atoms with E-state index in [-0.39, 0.29) is 19.6 Å². The molecule has 0 heterocycles. The van der Waals surface area contributed by atoms with E-state index in [2.05, 4.69) is 11.2 Å². The van der Waals surface area contributed by atoms with Crippen LogP contribution < -0.4 is 15.7 Å². The number of carbonyl (C=O) groups excluding carboxylic acids is 2. The fraction of sp³-hybridized carbons (Fsp3) is 0.429. The third-order valence-electron chi connectivity index (χ3n) is 6.53. The van der Waals surface area contributed by atoms with Crippen molar-refractivity contribution in [3.63, 3.8) is 0 Å². The molecular formula is C28H36NO5P. The van der Waals surface area contributed by atoms with Gasteiger partial charge in [0.25, 0.3) is 0 Å². The predicted molar refractivity (Wildman–Crippen MR) is 139 cm³/mol. The van der Waals surface area contributed by atoms with Crippen molar-refractivity contribution in [2.24, 2.45) is 5.92 Å². The number of hydrogen-bond donors (Lipinski definition) is 1. The largest absolute Gasteiger partial charge is 0.466 e. The van der Waals surface area contributed by atoms with Crippen LogP contribution in [0.3, 0.4) is 0 Å². The van der Waals surface area contributed by atoms with Gasteiger partial charge in [-0.3, -0.25) is 14.2 Å². The van der Waals surface area contributed by atoms with E-state index < -0.39 is 30.7 Å². The van der Waals surface area contributed by atoms with Crippen molar-refractivity contribution < 1.29 is 23.6 Å². The SMILES string of the molecule is CCOC(=O)C[C@H](C(=O)OCC)[C@](C)(NP(=O)(c1ccccc1)c1ccccc1)C1=CCCCC1. The van der Waals surface area contributed by atoms with Crippen LogP contribution in [0.5, 0.6) is 0 Å². The number of rotatable bonds is 11. The molecule has 2 aromatic rings. The topological polar surface area (TPSA) is 81.7 Å². The molecule has 0 saturated heterocycles. The summed E-state index contributed by atoms with van der Waals surface area (Å²) < 4.78 is 25.6. The molecule has 0 unspecified atom stereocenters. The highest BCUT2D eigenvalue weighted by Gasteiger charge is 2.48. The summed E-state index contributed by atoms with van der Waals surface area (Å²) in [4.78, 5) is 26.0. The highest BCUT2D eigenvalue weighted by molar-refractivity contribution is 7.77. The standard InChI is InChI=1S/C28H36NO5P/c1-4-33-26(30)21-25(27(31)34-5-2)28(3,22-15-9-6-10-16-22)29-35(32,23-17-11-7-12-18-23)24-19-13-8-14-20-24/h7-8,11-15,17-20,25H,4-6,9-10,16,21H2,1-3H3,(H,29,32)/t25-,28-/m1/s1. The van der Waals surface area contributed by atoms with Gasteiger partial charge in [-0.2, -0.15) is 0 Å². The summed E-state index contributed by atoms with van der Waals surface area (Å²) in [6, 6.07) is 18.5. The maximum Gasteiger partial charge on any atom is 0.311 e. The molecule has 0 fully saturated rings. The highest BCUT2D eigenvalue weighted by atomic mass is 31.2. The molecule has 2 atom stereocenters. The first kappa shape index (κ1) is 26.9. The zero-order valence-electron chi connectivity index (χ0n) is 20.9. The number of benzene rings is 2. The Kier molecular flexibility index (Phi) is 9.47. The van der Waals surface area contributed by atoms with Gasteiger partial charge in [0.2, 0.25) is 7.29 Å². The minimum Gasteiger partial charge on any atom is -0.466 e. The van der Waals surface area contributed by atoms with Crippen LogP contribution in [-0.4, -0.2) is 30.7 Å². The molecule has 6 nitrogen and oxygen atoms in total. The van der Waals surface area contributed by atoms with Gasteiger partial charge in [0.05, 0.1) is 31.1 Å². The van der Waals surface area contributed by atoms with Gasteiger partial charge in [0, 0.05) is 10.6 Å². The number of allylic oxidation sites excluding steroid dienone is 1. The minimum atomic E-state index is -3.43. The fourth-order valence-electron chi connectivity index (χ4n) is 4.72.